The lowest BCUT2D eigenvalue weighted by Gasteiger charge is -2.11. The van der Waals surface area contributed by atoms with Crippen molar-refractivity contribution in [3.05, 3.63) is 75.6 Å². The Labute approximate surface area is 169 Å². The number of rotatable bonds is 7. The van der Waals surface area contributed by atoms with Crippen molar-refractivity contribution < 1.29 is 19.2 Å². The molecule has 0 radical (unpaired) electrons. The molecule has 3 aromatic rings. The molecular formula is C18H14ClN5O5. The Morgan fingerprint density at radius 3 is 2.45 bits per heavy atom. The number of hydrogen-bond acceptors (Lipinski definition) is 8. The molecule has 3 rings (SSSR count). The summed E-state index contributed by atoms with van der Waals surface area (Å²) in [6.07, 6.45) is 1.06. The number of ether oxygens (including phenoxy) is 2. The first-order valence-electron chi connectivity index (χ1n) is 8.11. The van der Waals surface area contributed by atoms with Crippen molar-refractivity contribution in [2.75, 3.05) is 12.5 Å². The number of halogens is 1. The lowest BCUT2D eigenvalue weighted by atomic mass is 10.2. The Hall–Kier alpha value is -3.92. The second kappa shape index (κ2) is 8.85. The second-order valence-electron chi connectivity index (χ2n) is 5.47. The Bertz CT molecular complexity index is 1050. The van der Waals surface area contributed by atoms with Gasteiger partial charge in [0.2, 0.25) is 5.82 Å². The van der Waals surface area contributed by atoms with Gasteiger partial charge in [0.05, 0.1) is 12.0 Å². The van der Waals surface area contributed by atoms with Crippen LogP contribution < -0.4 is 20.3 Å². The molecule has 29 heavy (non-hydrogen) atoms. The molecule has 10 nitrogen and oxygen atoms in total. The molecule has 1 amide bonds. The molecule has 11 heteroatoms. The number of nitro groups is 1. The largest absolute Gasteiger partial charge is 0.493 e. The third kappa shape index (κ3) is 4.68. The third-order valence-electron chi connectivity index (χ3n) is 3.65. The zero-order chi connectivity index (χ0) is 20.8. The van der Waals surface area contributed by atoms with Gasteiger partial charge in [0.15, 0.2) is 11.5 Å². The maximum atomic E-state index is 12.2. The molecule has 2 N–H and O–H groups in total. The normalized spacial score (nSPS) is 10.1. The van der Waals surface area contributed by atoms with Gasteiger partial charge in [-0.2, -0.15) is 4.98 Å². The smallest absolute Gasteiger partial charge is 0.374 e. The fourth-order valence-electron chi connectivity index (χ4n) is 2.29. The van der Waals surface area contributed by atoms with Gasteiger partial charge in [0.1, 0.15) is 6.33 Å². The number of nitrogens with one attached hydrogen (secondary N) is 2. The number of nitrogens with zero attached hydrogens (tertiary/aromatic N) is 3. The van der Waals surface area contributed by atoms with E-state index in [1.165, 1.54) is 19.2 Å². The van der Waals surface area contributed by atoms with Crippen LogP contribution in [-0.4, -0.2) is 27.9 Å². The van der Waals surface area contributed by atoms with Crippen LogP contribution in [0.15, 0.2) is 54.9 Å². The van der Waals surface area contributed by atoms with Gasteiger partial charge in [-0.15, -0.1) is 0 Å². The van der Waals surface area contributed by atoms with Crippen LogP contribution in [0.2, 0.25) is 5.02 Å². The Balaban J connectivity index is 1.84. The van der Waals surface area contributed by atoms with Crippen LogP contribution in [0.25, 0.3) is 0 Å². The van der Waals surface area contributed by atoms with Crippen molar-refractivity contribution in [3.63, 3.8) is 0 Å². The maximum Gasteiger partial charge on any atom is 0.374 e. The van der Waals surface area contributed by atoms with Crippen molar-refractivity contribution in [1.29, 1.82) is 0 Å². The molecule has 0 unspecified atom stereocenters. The van der Waals surface area contributed by atoms with Gasteiger partial charge < -0.3 is 9.47 Å². The van der Waals surface area contributed by atoms with E-state index in [0.29, 0.717) is 16.3 Å². The van der Waals surface area contributed by atoms with Gasteiger partial charge in [-0.1, -0.05) is 23.7 Å². The highest BCUT2D eigenvalue weighted by Crippen LogP contribution is 2.37. The summed E-state index contributed by atoms with van der Waals surface area (Å²) in [7, 11) is 1.44. The molecule has 1 heterocycles. The third-order valence-corrected chi connectivity index (χ3v) is 3.90. The first-order chi connectivity index (χ1) is 14.0. The first-order valence-corrected chi connectivity index (χ1v) is 8.49. The number of aromatic nitrogens is 2. The fourth-order valence-corrected chi connectivity index (χ4v) is 2.42. The standard InChI is InChI=1S/C18H14ClN5O5/c1-28-13-4-2-3-5-14(13)29-18-15(24(26)27)16(20-10-21-18)22-23-17(25)11-6-8-12(19)9-7-11/h2-10H,1H3,(H,23,25)(H,20,21,22). The van der Waals surface area contributed by atoms with Crippen LogP contribution >= 0.6 is 11.6 Å². The summed E-state index contributed by atoms with van der Waals surface area (Å²) in [6, 6.07) is 12.7. The lowest BCUT2D eigenvalue weighted by molar-refractivity contribution is -0.385. The predicted molar refractivity (Wildman–Crippen MR) is 104 cm³/mol. The van der Waals surface area contributed by atoms with Gasteiger partial charge in [-0.05, 0) is 36.4 Å². The minimum atomic E-state index is -0.721. The van der Waals surface area contributed by atoms with E-state index in [4.69, 9.17) is 21.1 Å². The molecule has 2 aromatic carbocycles. The van der Waals surface area contributed by atoms with E-state index in [9.17, 15) is 14.9 Å². The number of amides is 1. The first kappa shape index (κ1) is 19.8. The second-order valence-corrected chi connectivity index (χ2v) is 5.91. The van der Waals surface area contributed by atoms with Crippen LogP contribution in [0.4, 0.5) is 11.5 Å². The Morgan fingerprint density at radius 2 is 1.79 bits per heavy atom. The van der Waals surface area contributed by atoms with E-state index in [1.54, 1.807) is 36.4 Å². The number of methoxy groups -OCH3 is 1. The van der Waals surface area contributed by atoms with E-state index in [1.807, 2.05) is 0 Å². The van der Waals surface area contributed by atoms with E-state index in [-0.39, 0.29) is 17.4 Å². The van der Waals surface area contributed by atoms with E-state index in [0.717, 1.165) is 6.33 Å². The molecule has 0 spiro atoms. The van der Waals surface area contributed by atoms with Gasteiger partial charge in [-0.3, -0.25) is 25.8 Å². The summed E-state index contributed by atoms with van der Waals surface area (Å²) >= 11 is 5.79. The molecule has 0 aliphatic rings. The molecule has 148 valence electrons. The van der Waals surface area contributed by atoms with Crippen LogP contribution in [0.3, 0.4) is 0 Å². The topological polar surface area (TPSA) is 129 Å². The number of hydrazine groups is 1. The minimum Gasteiger partial charge on any atom is -0.493 e. The highest BCUT2D eigenvalue weighted by atomic mass is 35.5. The summed E-state index contributed by atoms with van der Waals surface area (Å²) in [5.41, 5.74) is 4.50. The number of benzene rings is 2. The monoisotopic (exact) mass is 415 g/mol. The SMILES string of the molecule is COc1ccccc1Oc1ncnc(NNC(=O)c2ccc(Cl)cc2)c1[N+](=O)[O-]. The number of carbonyl (C=O) groups excluding carboxylic acids is 1. The summed E-state index contributed by atoms with van der Waals surface area (Å²) in [5.74, 6) is -0.518. The summed E-state index contributed by atoms with van der Waals surface area (Å²) in [6.45, 7) is 0. The molecule has 0 bridgehead atoms. The minimum absolute atomic E-state index is 0.230. The molecule has 0 saturated heterocycles. The van der Waals surface area contributed by atoms with Crippen molar-refractivity contribution in [2.45, 2.75) is 0 Å². The van der Waals surface area contributed by atoms with Gasteiger partial charge in [0, 0.05) is 10.6 Å². The number of carbonyl (C=O) groups is 1. The predicted octanol–water partition coefficient (Wildman–Crippen LogP) is 3.60. The number of para-hydroxylation sites is 2. The van der Waals surface area contributed by atoms with Crippen molar-refractivity contribution in [2.24, 2.45) is 0 Å². The van der Waals surface area contributed by atoms with Crippen LogP contribution in [-0.2, 0) is 0 Å². The van der Waals surface area contributed by atoms with Crippen molar-refractivity contribution >= 4 is 29.0 Å². The number of hydrogen-bond donors (Lipinski definition) is 2. The summed E-state index contributed by atoms with van der Waals surface area (Å²) in [4.78, 5) is 30.7. The Kier molecular flexibility index (Phi) is 6.05. The van der Waals surface area contributed by atoms with Crippen LogP contribution in [0.1, 0.15) is 10.4 Å². The van der Waals surface area contributed by atoms with E-state index < -0.39 is 16.5 Å². The molecule has 0 atom stereocenters. The molecule has 0 fully saturated rings. The quantitative estimate of drug-likeness (QED) is 0.442. The van der Waals surface area contributed by atoms with E-state index >= 15 is 0 Å². The zero-order valence-corrected chi connectivity index (χ0v) is 15.7. The zero-order valence-electron chi connectivity index (χ0n) is 15.0. The molecule has 0 aliphatic carbocycles. The fraction of sp³-hybridized carbons (Fsp3) is 0.0556. The molecule has 0 aliphatic heterocycles. The average molecular weight is 416 g/mol. The highest BCUT2D eigenvalue weighted by molar-refractivity contribution is 6.30. The van der Waals surface area contributed by atoms with Gasteiger partial charge >= 0.3 is 11.6 Å². The van der Waals surface area contributed by atoms with E-state index in [2.05, 4.69) is 20.8 Å². The van der Waals surface area contributed by atoms with Gasteiger partial charge in [0.25, 0.3) is 5.91 Å². The van der Waals surface area contributed by atoms with Crippen LogP contribution in [0, 0.1) is 10.1 Å². The summed E-state index contributed by atoms with van der Waals surface area (Å²) < 4.78 is 10.7. The van der Waals surface area contributed by atoms with Gasteiger partial charge in [-0.25, -0.2) is 4.98 Å². The average Bonchev–Trinajstić information content (AvgIpc) is 2.72. The number of anilines is 1. The van der Waals surface area contributed by atoms with Crippen molar-refractivity contribution in [3.8, 4) is 17.4 Å². The van der Waals surface area contributed by atoms with Crippen LogP contribution in [0.5, 0.6) is 17.4 Å². The lowest BCUT2D eigenvalue weighted by Crippen LogP contribution is -2.30. The summed E-state index contributed by atoms with van der Waals surface area (Å²) in [5, 5.41) is 12.1. The molecule has 1 aromatic heterocycles. The maximum absolute atomic E-state index is 12.2. The highest BCUT2D eigenvalue weighted by Gasteiger charge is 2.26. The molecule has 0 saturated carbocycles. The molecular weight excluding hydrogens is 402 g/mol. The Morgan fingerprint density at radius 1 is 1.10 bits per heavy atom. The van der Waals surface area contributed by atoms with Crippen molar-refractivity contribution in [1.82, 2.24) is 15.4 Å².